The Morgan fingerprint density at radius 1 is 1.28 bits per heavy atom. The number of halogens is 1. The van der Waals surface area contributed by atoms with E-state index in [1.54, 1.807) is 0 Å². The summed E-state index contributed by atoms with van der Waals surface area (Å²) in [4.78, 5) is 0. The molecule has 0 aliphatic heterocycles. The monoisotopic (exact) mass is 310 g/mol. The Morgan fingerprint density at radius 3 is 2.50 bits per heavy atom. The Bertz CT molecular complexity index is 390. The van der Waals surface area contributed by atoms with Gasteiger partial charge in [-0.05, 0) is 18.4 Å². The van der Waals surface area contributed by atoms with Crippen molar-refractivity contribution >= 4 is 22.0 Å². The van der Waals surface area contributed by atoms with E-state index in [1.165, 1.54) is 0 Å². The van der Waals surface area contributed by atoms with Crippen LogP contribution in [0.4, 0.5) is 0 Å². The molecule has 1 aromatic rings. The van der Waals surface area contributed by atoms with Crippen molar-refractivity contribution in [3.8, 4) is 5.75 Å². The van der Waals surface area contributed by atoms with Gasteiger partial charge in [0.2, 0.25) is 0 Å². The van der Waals surface area contributed by atoms with Crippen molar-refractivity contribution < 1.29 is 4.74 Å². The van der Waals surface area contributed by atoms with Crippen LogP contribution in [-0.2, 0) is 0 Å². The molecule has 2 heteroatoms. The van der Waals surface area contributed by atoms with Gasteiger partial charge in [-0.1, -0.05) is 67.1 Å². The molecule has 0 fully saturated rings. The summed E-state index contributed by atoms with van der Waals surface area (Å²) in [5, 5.41) is 0.961. The van der Waals surface area contributed by atoms with Crippen molar-refractivity contribution in [1.82, 2.24) is 0 Å². The standard InChI is InChI=1S/C16H23BrO/c1-5-8-13-9-6-7-10-15(13)18-12-14(11-17)16(2,3)4/h5-10,14H,11-12H2,1-4H3. The lowest BCUT2D eigenvalue weighted by Crippen LogP contribution is -2.28. The van der Waals surface area contributed by atoms with Crippen molar-refractivity contribution in [2.75, 3.05) is 11.9 Å². The van der Waals surface area contributed by atoms with Gasteiger partial charge in [0.15, 0.2) is 0 Å². The van der Waals surface area contributed by atoms with E-state index in [-0.39, 0.29) is 5.41 Å². The quantitative estimate of drug-likeness (QED) is 0.683. The van der Waals surface area contributed by atoms with Gasteiger partial charge in [-0.15, -0.1) is 0 Å². The molecule has 0 N–H and O–H groups in total. The minimum absolute atomic E-state index is 0.249. The second-order valence-electron chi connectivity index (χ2n) is 5.57. The molecule has 100 valence electrons. The highest BCUT2D eigenvalue weighted by molar-refractivity contribution is 9.09. The molecular weight excluding hydrogens is 288 g/mol. The van der Waals surface area contributed by atoms with Crippen LogP contribution in [-0.4, -0.2) is 11.9 Å². The van der Waals surface area contributed by atoms with Crippen LogP contribution in [0.25, 0.3) is 6.08 Å². The lowest BCUT2D eigenvalue weighted by atomic mass is 9.83. The molecule has 0 bridgehead atoms. The van der Waals surface area contributed by atoms with Crippen LogP contribution < -0.4 is 4.74 Å². The number of para-hydroxylation sites is 1. The van der Waals surface area contributed by atoms with Crippen LogP contribution in [0.5, 0.6) is 5.75 Å². The average Bonchev–Trinajstić information content (AvgIpc) is 2.30. The largest absolute Gasteiger partial charge is 0.493 e. The smallest absolute Gasteiger partial charge is 0.126 e. The van der Waals surface area contributed by atoms with Gasteiger partial charge in [0.25, 0.3) is 0 Å². The van der Waals surface area contributed by atoms with E-state index in [2.05, 4.69) is 48.8 Å². The first kappa shape index (κ1) is 15.3. The first-order valence-electron chi connectivity index (χ1n) is 6.39. The van der Waals surface area contributed by atoms with Crippen LogP contribution in [0.2, 0.25) is 0 Å². The van der Waals surface area contributed by atoms with E-state index in [0.717, 1.165) is 23.2 Å². The number of hydrogen-bond donors (Lipinski definition) is 0. The molecule has 0 heterocycles. The fraction of sp³-hybridized carbons (Fsp3) is 0.500. The third-order valence-corrected chi connectivity index (χ3v) is 3.90. The zero-order valence-electron chi connectivity index (χ0n) is 11.7. The average molecular weight is 311 g/mol. The van der Waals surface area contributed by atoms with Crippen LogP contribution in [0.15, 0.2) is 30.3 Å². The maximum Gasteiger partial charge on any atom is 0.126 e. The number of allylic oxidation sites excluding steroid dienone is 1. The van der Waals surface area contributed by atoms with E-state index in [4.69, 9.17) is 4.74 Å². The molecule has 0 saturated carbocycles. The third kappa shape index (κ3) is 4.49. The Balaban J connectivity index is 2.74. The first-order chi connectivity index (χ1) is 8.49. The molecule has 1 rings (SSSR count). The molecule has 1 atom stereocenters. The summed E-state index contributed by atoms with van der Waals surface area (Å²) in [5.74, 6) is 1.46. The molecular formula is C16H23BrO. The van der Waals surface area contributed by atoms with Crippen molar-refractivity contribution in [1.29, 1.82) is 0 Å². The maximum absolute atomic E-state index is 5.99. The Morgan fingerprint density at radius 2 is 1.94 bits per heavy atom. The predicted molar refractivity (Wildman–Crippen MR) is 83.4 cm³/mol. The van der Waals surface area contributed by atoms with Crippen molar-refractivity contribution in [2.24, 2.45) is 11.3 Å². The zero-order chi connectivity index (χ0) is 13.6. The molecule has 0 radical (unpaired) electrons. The summed E-state index contributed by atoms with van der Waals surface area (Å²) in [6.45, 7) is 9.51. The van der Waals surface area contributed by atoms with Gasteiger partial charge in [0.05, 0.1) is 6.61 Å². The minimum Gasteiger partial charge on any atom is -0.493 e. The second-order valence-corrected chi connectivity index (χ2v) is 6.21. The molecule has 0 spiro atoms. The third-order valence-electron chi connectivity index (χ3n) is 3.12. The number of ether oxygens (including phenoxy) is 1. The number of hydrogen-bond acceptors (Lipinski definition) is 1. The van der Waals surface area contributed by atoms with Gasteiger partial charge in [0.1, 0.15) is 5.75 Å². The summed E-state index contributed by atoms with van der Waals surface area (Å²) in [7, 11) is 0. The molecule has 1 nitrogen and oxygen atoms in total. The summed E-state index contributed by atoms with van der Waals surface area (Å²) in [6.07, 6.45) is 4.11. The van der Waals surface area contributed by atoms with Crippen LogP contribution in [0.1, 0.15) is 33.3 Å². The topological polar surface area (TPSA) is 9.23 Å². The van der Waals surface area contributed by atoms with E-state index >= 15 is 0 Å². The zero-order valence-corrected chi connectivity index (χ0v) is 13.3. The first-order valence-corrected chi connectivity index (χ1v) is 7.51. The molecule has 18 heavy (non-hydrogen) atoms. The highest BCUT2D eigenvalue weighted by atomic mass is 79.9. The molecule has 0 saturated heterocycles. The van der Waals surface area contributed by atoms with Crippen molar-refractivity contribution in [3.63, 3.8) is 0 Å². The highest BCUT2D eigenvalue weighted by Gasteiger charge is 2.24. The Labute approximate surface area is 119 Å². The summed E-state index contributed by atoms with van der Waals surface area (Å²) < 4.78 is 5.99. The van der Waals surface area contributed by atoms with Gasteiger partial charge in [0, 0.05) is 16.8 Å². The van der Waals surface area contributed by atoms with Gasteiger partial charge in [-0.2, -0.15) is 0 Å². The van der Waals surface area contributed by atoms with Crippen LogP contribution >= 0.6 is 15.9 Å². The lowest BCUT2D eigenvalue weighted by molar-refractivity contribution is 0.166. The van der Waals surface area contributed by atoms with Gasteiger partial charge >= 0.3 is 0 Å². The highest BCUT2D eigenvalue weighted by Crippen LogP contribution is 2.29. The Kier molecular flexibility index (Phi) is 5.94. The van der Waals surface area contributed by atoms with Crippen molar-refractivity contribution in [3.05, 3.63) is 35.9 Å². The molecule has 1 aromatic carbocycles. The number of rotatable bonds is 5. The second kappa shape index (κ2) is 6.98. The van der Waals surface area contributed by atoms with Crippen molar-refractivity contribution in [2.45, 2.75) is 27.7 Å². The molecule has 0 amide bonds. The summed E-state index contributed by atoms with van der Waals surface area (Å²) >= 11 is 3.58. The predicted octanol–water partition coefficient (Wildman–Crippen LogP) is 5.16. The van der Waals surface area contributed by atoms with E-state index in [0.29, 0.717) is 5.92 Å². The maximum atomic E-state index is 5.99. The number of benzene rings is 1. The minimum atomic E-state index is 0.249. The number of alkyl halides is 1. The fourth-order valence-electron chi connectivity index (χ4n) is 1.65. The van der Waals surface area contributed by atoms with Crippen LogP contribution in [0, 0.1) is 11.3 Å². The van der Waals surface area contributed by atoms with E-state index in [1.807, 2.05) is 31.2 Å². The normalized spacial score (nSPS) is 13.8. The SMILES string of the molecule is CC=Cc1ccccc1OCC(CBr)C(C)(C)C. The van der Waals surface area contributed by atoms with Gasteiger partial charge in [-0.3, -0.25) is 0 Å². The van der Waals surface area contributed by atoms with E-state index in [9.17, 15) is 0 Å². The van der Waals surface area contributed by atoms with Gasteiger partial charge in [-0.25, -0.2) is 0 Å². The summed E-state index contributed by atoms with van der Waals surface area (Å²) in [5.41, 5.74) is 1.39. The molecule has 0 aromatic heterocycles. The Hall–Kier alpha value is -0.760. The molecule has 1 unspecified atom stereocenters. The van der Waals surface area contributed by atoms with E-state index < -0.39 is 0 Å². The molecule has 0 aliphatic rings. The lowest BCUT2D eigenvalue weighted by Gasteiger charge is -2.29. The fourth-order valence-corrected chi connectivity index (χ4v) is 2.80. The summed E-state index contributed by atoms with van der Waals surface area (Å²) in [6, 6.07) is 8.16. The van der Waals surface area contributed by atoms with Crippen LogP contribution in [0.3, 0.4) is 0 Å². The molecule has 0 aliphatic carbocycles. The van der Waals surface area contributed by atoms with Gasteiger partial charge < -0.3 is 4.74 Å².